The predicted octanol–water partition coefficient (Wildman–Crippen LogP) is 0.869. The van der Waals surface area contributed by atoms with Gasteiger partial charge in [-0.3, -0.25) is 4.79 Å². The number of nitrogens with one attached hydrogen (secondary N) is 2. The number of phenols is 1. The molecular formula is C11H15FN2O2. The molecule has 0 saturated heterocycles. The number of rotatable bonds is 4. The summed E-state index contributed by atoms with van der Waals surface area (Å²) in [5.41, 5.74) is -0.314. The molecule has 0 aliphatic heterocycles. The minimum Gasteiger partial charge on any atom is -0.507 e. The molecule has 0 aliphatic carbocycles. The minimum absolute atomic E-state index is 0.0814. The Kier molecular flexibility index (Phi) is 4.25. The first-order valence-electron chi connectivity index (χ1n) is 4.99. The SMILES string of the molecule is CNC(C)CNC(=O)c1c(O)cccc1F. The molecule has 1 amide bonds. The molecule has 0 radical (unpaired) electrons. The molecule has 0 aromatic heterocycles. The Morgan fingerprint density at radius 3 is 2.81 bits per heavy atom. The Labute approximate surface area is 93.5 Å². The second-order valence-corrected chi connectivity index (χ2v) is 3.53. The molecule has 5 heteroatoms. The maximum absolute atomic E-state index is 13.3. The third-order valence-corrected chi connectivity index (χ3v) is 2.28. The molecule has 1 unspecified atom stereocenters. The van der Waals surface area contributed by atoms with Crippen LogP contribution < -0.4 is 10.6 Å². The zero-order chi connectivity index (χ0) is 12.1. The molecule has 0 aliphatic rings. The fourth-order valence-electron chi connectivity index (χ4n) is 1.17. The van der Waals surface area contributed by atoms with E-state index in [9.17, 15) is 14.3 Å². The molecule has 0 bridgehead atoms. The summed E-state index contributed by atoms with van der Waals surface area (Å²) in [6.45, 7) is 2.24. The maximum atomic E-state index is 13.3. The van der Waals surface area contributed by atoms with Gasteiger partial charge >= 0.3 is 0 Å². The monoisotopic (exact) mass is 226 g/mol. The van der Waals surface area contributed by atoms with Crippen molar-refractivity contribution >= 4 is 5.91 Å². The van der Waals surface area contributed by atoms with Gasteiger partial charge in [0.05, 0.1) is 0 Å². The fraction of sp³-hybridized carbons (Fsp3) is 0.364. The van der Waals surface area contributed by atoms with E-state index in [2.05, 4.69) is 10.6 Å². The quantitative estimate of drug-likeness (QED) is 0.714. The predicted molar refractivity (Wildman–Crippen MR) is 58.9 cm³/mol. The Morgan fingerprint density at radius 1 is 1.56 bits per heavy atom. The summed E-state index contributed by atoms with van der Waals surface area (Å²) in [6, 6.07) is 3.84. The van der Waals surface area contributed by atoms with Crippen LogP contribution >= 0.6 is 0 Å². The van der Waals surface area contributed by atoms with Gasteiger partial charge in [-0.25, -0.2) is 4.39 Å². The summed E-state index contributed by atoms with van der Waals surface area (Å²) in [4.78, 5) is 11.6. The number of amides is 1. The van der Waals surface area contributed by atoms with E-state index in [0.29, 0.717) is 6.54 Å². The Morgan fingerprint density at radius 2 is 2.25 bits per heavy atom. The highest BCUT2D eigenvalue weighted by molar-refractivity contribution is 5.97. The van der Waals surface area contributed by atoms with E-state index in [1.165, 1.54) is 12.1 Å². The summed E-state index contributed by atoms with van der Waals surface area (Å²) >= 11 is 0. The van der Waals surface area contributed by atoms with Crippen LogP contribution in [0.3, 0.4) is 0 Å². The Balaban J connectivity index is 2.73. The maximum Gasteiger partial charge on any atom is 0.258 e. The number of likely N-dealkylation sites (N-methyl/N-ethyl adjacent to an activating group) is 1. The van der Waals surface area contributed by atoms with Crippen LogP contribution in [-0.4, -0.2) is 30.6 Å². The number of carbonyl (C=O) groups is 1. The van der Waals surface area contributed by atoms with Crippen molar-refractivity contribution in [3.8, 4) is 5.75 Å². The fourth-order valence-corrected chi connectivity index (χ4v) is 1.17. The molecule has 1 aromatic carbocycles. The van der Waals surface area contributed by atoms with Gasteiger partial charge in [-0.1, -0.05) is 6.07 Å². The molecule has 88 valence electrons. The van der Waals surface area contributed by atoms with Gasteiger partial charge in [0.25, 0.3) is 5.91 Å². The van der Waals surface area contributed by atoms with Gasteiger partial charge < -0.3 is 15.7 Å². The highest BCUT2D eigenvalue weighted by atomic mass is 19.1. The number of hydrogen-bond donors (Lipinski definition) is 3. The number of phenolic OH excluding ortho intramolecular Hbond substituents is 1. The van der Waals surface area contributed by atoms with Gasteiger partial charge in [0.1, 0.15) is 17.1 Å². The lowest BCUT2D eigenvalue weighted by Crippen LogP contribution is -2.37. The first kappa shape index (κ1) is 12.4. The molecular weight excluding hydrogens is 211 g/mol. The van der Waals surface area contributed by atoms with Crippen molar-refractivity contribution in [2.24, 2.45) is 0 Å². The van der Waals surface area contributed by atoms with Crippen molar-refractivity contribution in [3.63, 3.8) is 0 Å². The van der Waals surface area contributed by atoms with Crippen LogP contribution in [0, 0.1) is 5.82 Å². The van der Waals surface area contributed by atoms with Crippen molar-refractivity contribution < 1.29 is 14.3 Å². The van der Waals surface area contributed by atoms with Crippen molar-refractivity contribution in [2.75, 3.05) is 13.6 Å². The van der Waals surface area contributed by atoms with Crippen LogP contribution in [-0.2, 0) is 0 Å². The zero-order valence-electron chi connectivity index (χ0n) is 9.25. The van der Waals surface area contributed by atoms with Gasteiger partial charge in [0.2, 0.25) is 0 Å². The van der Waals surface area contributed by atoms with E-state index >= 15 is 0 Å². The van der Waals surface area contributed by atoms with E-state index in [1.54, 1.807) is 7.05 Å². The first-order valence-corrected chi connectivity index (χ1v) is 4.99. The molecule has 16 heavy (non-hydrogen) atoms. The van der Waals surface area contributed by atoms with Crippen molar-refractivity contribution in [1.82, 2.24) is 10.6 Å². The van der Waals surface area contributed by atoms with Crippen LogP contribution in [0.4, 0.5) is 4.39 Å². The lowest BCUT2D eigenvalue weighted by molar-refractivity contribution is 0.0943. The summed E-state index contributed by atoms with van der Waals surface area (Å²) < 4.78 is 13.3. The molecule has 1 rings (SSSR count). The summed E-state index contributed by atoms with van der Waals surface area (Å²) in [6.07, 6.45) is 0. The van der Waals surface area contributed by atoms with Gasteiger partial charge in [0, 0.05) is 12.6 Å². The molecule has 0 saturated carbocycles. The molecule has 0 fully saturated rings. The van der Waals surface area contributed by atoms with Gasteiger partial charge in [0.15, 0.2) is 0 Å². The van der Waals surface area contributed by atoms with Crippen molar-refractivity contribution in [2.45, 2.75) is 13.0 Å². The lowest BCUT2D eigenvalue weighted by atomic mass is 10.1. The van der Waals surface area contributed by atoms with Crippen LogP contribution in [0.5, 0.6) is 5.75 Å². The van der Waals surface area contributed by atoms with E-state index in [0.717, 1.165) is 6.07 Å². The van der Waals surface area contributed by atoms with Crippen molar-refractivity contribution in [1.29, 1.82) is 0 Å². The van der Waals surface area contributed by atoms with Crippen LogP contribution in [0.15, 0.2) is 18.2 Å². The number of halogens is 1. The second-order valence-electron chi connectivity index (χ2n) is 3.53. The summed E-state index contributed by atoms with van der Waals surface area (Å²) in [7, 11) is 1.76. The number of aromatic hydroxyl groups is 1. The zero-order valence-corrected chi connectivity index (χ0v) is 9.25. The smallest absolute Gasteiger partial charge is 0.258 e. The third-order valence-electron chi connectivity index (χ3n) is 2.28. The second kappa shape index (κ2) is 5.46. The van der Waals surface area contributed by atoms with Crippen LogP contribution in [0.1, 0.15) is 17.3 Å². The summed E-state index contributed by atoms with van der Waals surface area (Å²) in [5.74, 6) is -1.69. The topological polar surface area (TPSA) is 61.4 Å². The molecule has 0 spiro atoms. The summed E-state index contributed by atoms with van der Waals surface area (Å²) in [5, 5.41) is 14.8. The average molecular weight is 226 g/mol. The van der Waals surface area contributed by atoms with Crippen molar-refractivity contribution in [3.05, 3.63) is 29.6 Å². The minimum atomic E-state index is -0.727. The van der Waals surface area contributed by atoms with Gasteiger partial charge in [-0.05, 0) is 26.1 Å². The standard InChI is InChI=1S/C11H15FN2O2/c1-7(13-2)6-14-11(16)10-8(12)4-3-5-9(10)15/h3-5,7,13,15H,6H2,1-2H3,(H,14,16). The molecule has 3 N–H and O–H groups in total. The van der Waals surface area contributed by atoms with E-state index in [1.807, 2.05) is 6.92 Å². The Hall–Kier alpha value is -1.62. The highest BCUT2D eigenvalue weighted by Gasteiger charge is 2.16. The van der Waals surface area contributed by atoms with E-state index in [-0.39, 0.29) is 17.4 Å². The normalized spacial score (nSPS) is 12.2. The lowest BCUT2D eigenvalue weighted by Gasteiger charge is -2.12. The van der Waals surface area contributed by atoms with Crippen LogP contribution in [0.25, 0.3) is 0 Å². The molecule has 0 heterocycles. The van der Waals surface area contributed by atoms with Gasteiger partial charge in [-0.2, -0.15) is 0 Å². The third kappa shape index (κ3) is 2.93. The molecule has 1 atom stereocenters. The largest absolute Gasteiger partial charge is 0.507 e. The number of benzene rings is 1. The molecule has 1 aromatic rings. The van der Waals surface area contributed by atoms with Crippen LogP contribution in [0.2, 0.25) is 0 Å². The average Bonchev–Trinajstić information content (AvgIpc) is 2.25. The Bertz CT molecular complexity index is 362. The number of carbonyl (C=O) groups excluding carboxylic acids is 1. The van der Waals surface area contributed by atoms with E-state index < -0.39 is 11.7 Å². The van der Waals surface area contributed by atoms with E-state index in [4.69, 9.17) is 0 Å². The first-order chi connectivity index (χ1) is 7.56. The highest BCUT2D eigenvalue weighted by Crippen LogP contribution is 2.19. The number of hydrogen-bond acceptors (Lipinski definition) is 3. The van der Waals surface area contributed by atoms with Gasteiger partial charge in [-0.15, -0.1) is 0 Å². The molecule has 4 nitrogen and oxygen atoms in total.